The highest BCUT2D eigenvalue weighted by Crippen LogP contribution is 2.36. The van der Waals surface area contributed by atoms with Gasteiger partial charge in [-0.25, -0.2) is 0 Å². The van der Waals surface area contributed by atoms with Crippen LogP contribution in [0.1, 0.15) is 44.1 Å². The second kappa shape index (κ2) is 4.69. The molecule has 1 aliphatic rings. The average Bonchev–Trinajstić information content (AvgIpc) is 2.64. The molecule has 18 heavy (non-hydrogen) atoms. The van der Waals surface area contributed by atoms with Gasteiger partial charge in [0.1, 0.15) is 0 Å². The van der Waals surface area contributed by atoms with Gasteiger partial charge in [-0.1, -0.05) is 37.8 Å². The van der Waals surface area contributed by atoms with Gasteiger partial charge in [0, 0.05) is 11.6 Å². The zero-order chi connectivity index (χ0) is 12.4. The minimum absolute atomic E-state index is 0.624. The highest BCUT2D eigenvalue weighted by Gasteiger charge is 2.29. The summed E-state index contributed by atoms with van der Waals surface area (Å²) in [5, 5.41) is 12.0. The Morgan fingerprint density at radius 1 is 1.00 bits per heavy atom. The maximum absolute atomic E-state index is 10.9. The molecule has 0 bridgehead atoms. The smallest absolute Gasteiger partial charge is 0.0896 e. The van der Waals surface area contributed by atoms with E-state index in [-0.39, 0.29) is 0 Å². The summed E-state index contributed by atoms with van der Waals surface area (Å²) in [6.07, 6.45) is 8.33. The zero-order valence-corrected chi connectivity index (χ0v) is 10.6. The Morgan fingerprint density at radius 2 is 1.78 bits per heavy atom. The molecule has 1 aromatic carbocycles. The van der Waals surface area contributed by atoms with Crippen molar-refractivity contribution in [2.24, 2.45) is 0 Å². The first kappa shape index (κ1) is 11.7. The third-order valence-corrected chi connectivity index (χ3v) is 4.07. The van der Waals surface area contributed by atoms with E-state index in [0.29, 0.717) is 0 Å². The van der Waals surface area contributed by atoms with Crippen molar-refractivity contribution in [2.75, 3.05) is 0 Å². The number of aromatic nitrogens is 1. The van der Waals surface area contributed by atoms with Crippen molar-refractivity contribution < 1.29 is 5.11 Å². The van der Waals surface area contributed by atoms with E-state index in [1.54, 1.807) is 0 Å². The summed E-state index contributed by atoms with van der Waals surface area (Å²) < 4.78 is 0. The molecule has 1 N–H and O–H groups in total. The van der Waals surface area contributed by atoms with E-state index < -0.39 is 5.60 Å². The number of aliphatic hydroxyl groups is 1. The Labute approximate surface area is 108 Å². The number of rotatable bonds is 1. The van der Waals surface area contributed by atoms with Gasteiger partial charge in [-0.3, -0.25) is 4.98 Å². The molecule has 2 heteroatoms. The molecule has 0 atom stereocenters. The maximum Gasteiger partial charge on any atom is 0.0896 e. The molecule has 0 spiro atoms. The van der Waals surface area contributed by atoms with Crippen LogP contribution in [0.5, 0.6) is 0 Å². The monoisotopic (exact) mass is 241 g/mol. The molecule has 94 valence electrons. The fourth-order valence-electron chi connectivity index (χ4n) is 2.97. The predicted octanol–water partition coefficient (Wildman–Crippen LogP) is 3.78. The van der Waals surface area contributed by atoms with E-state index in [9.17, 15) is 5.11 Å². The minimum atomic E-state index is -0.624. The van der Waals surface area contributed by atoms with Gasteiger partial charge in [0.05, 0.1) is 11.1 Å². The Bertz CT molecular complexity index is 542. The van der Waals surface area contributed by atoms with Crippen molar-refractivity contribution >= 4 is 10.9 Å². The highest BCUT2D eigenvalue weighted by molar-refractivity contribution is 5.79. The van der Waals surface area contributed by atoms with Crippen molar-refractivity contribution in [1.29, 1.82) is 0 Å². The summed E-state index contributed by atoms with van der Waals surface area (Å²) in [6.45, 7) is 0. The number of hydrogen-bond acceptors (Lipinski definition) is 2. The van der Waals surface area contributed by atoms with Gasteiger partial charge in [0.25, 0.3) is 0 Å². The van der Waals surface area contributed by atoms with Crippen molar-refractivity contribution in [3.05, 3.63) is 42.1 Å². The molecular formula is C16H19NO. The van der Waals surface area contributed by atoms with E-state index >= 15 is 0 Å². The van der Waals surface area contributed by atoms with Crippen LogP contribution in [0, 0.1) is 0 Å². The summed E-state index contributed by atoms with van der Waals surface area (Å²) in [4.78, 5) is 4.33. The number of nitrogens with zero attached hydrogens (tertiary/aromatic N) is 1. The topological polar surface area (TPSA) is 33.1 Å². The van der Waals surface area contributed by atoms with E-state index in [2.05, 4.69) is 17.1 Å². The summed E-state index contributed by atoms with van der Waals surface area (Å²) in [5.41, 5.74) is 1.43. The van der Waals surface area contributed by atoms with E-state index in [4.69, 9.17) is 0 Å². The van der Waals surface area contributed by atoms with Gasteiger partial charge >= 0.3 is 0 Å². The summed E-state index contributed by atoms with van der Waals surface area (Å²) in [7, 11) is 0. The van der Waals surface area contributed by atoms with Gasteiger partial charge in [0.2, 0.25) is 0 Å². The van der Waals surface area contributed by atoms with Gasteiger partial charge in [-0.2, -0.15) is 0 Å². The van der Waals surface area contributed by atoms with Gasteiger partial charge in [-0.15, -0.1) is 0 Å². The molecule has 0 radical (unpaired) electrons. The zero-order valence-electron chi connectivity index (χ0n) is 10.6. The van der Waals surface area contributed by atoms with Crippen LogP contribution in [0.15, 0.2) is 36.5 Å². The van der Waals surface area contributed by atoms with Crippen molar-refractivity contribution in [2.45, 2.75) is 44.1 Å². The Hall–Kier alpha value is -1.41. The first-order valence-corrected chi connectivity index (χ1v) is 6.86. The van der Waals surface area contributed by atoms with E-state index in [1.165, 1.54) is 12.8 Å². The molecule has 2 aromatic rings. The normalized spacial score (nSPS) is 19.6. The van der Waals surface area contributed by atoms with Crippen molar-refractivity contribution in [1.82, 2.24) is 4.98 Å². The molecule has 3 rings (SSSR count). The Kier molecular flexibility index (Phi) is 3.04. The lowest BCUT2D eigenvalue weighted by molar-refractivity contribution is 0.0208. The van der Waals surface area contributed by atoms with Gasteiger partial charge < -0.3 is 5.11 Å². The van der Waals surface area contributed by atoms with Crippen molar-refractivity contribution in [3.63, 3.8) is 0 Å². The molecule has 2 nitrogen and oxygen atoms in total. The van der Waals surface area contributed by atoms with Gasteiger partial charge in [0.15, 0.2) is 0 Å². The number of benzene rings is 1. The number of pyridine rings is 1. The number of hydrogen-bond donors (Lipinski definition) is 1. The first-order chi connectivity index (χ1) is 8.78. The Morgan fingerprint density at radius 3 is 2.56 bits per heavy atom. The fraction of sp³-hybridized carbons (Fsp3) is 0.438. The molecule has 0 saturated heterocycles. The summed E-state index contributed by atoms with van der Waals surface area (Å²) >= 11 is 0. The maximum atomic E-state index is 10.9. The third kappa shape index (κ3) is 2.13. The van der Waals surface area contributed by atoms with E-state index in [0.717, 1.165) is 42.1 Å². The second-order valence-electron chi connectivity index (χ2n) is 5.36. The quantitative estimate of drug-likeness (QED) is 0.771. The van der Waals surface area contributed by atoms with Crippen LogP contribution >= 0.6 is 0 Å². The lowest BCUT2D eigenvalue weighted by Crippen LogP contribution is -2.24. The predicted molar refractivity (Wildman–Crippen MR) is 73.3 cm³/mol. The second-order valence-corrected chi connectivity index (χ2v) is 5.36. The van der Waals surface area contributed by atoms with Crippen LogP contribution in [0.2, 0.25) is 0 Å². The van der Waals surface area contributed by atoms with Crippen LogP contribution in [0.4, 0.5) is 0 Å². The molecule has 0 aliphatic heterocycles. The lowest BCUT2D eigenvalue weighted by Gasteiger charge is -2.27. The van der Waals surface area contributed by atoms with Crippen LogP contribution in [0.25, 0.3) is 10.9 Å². The van der Waals surface area contributed by atoms with Gasteiger partial charge in [-0.05, 0) is 36.6 Å². The largest absolute Gasteiger partial charge is 0.385 e. The van der Waals surface area contributed by atoms with Crippen LogP contribution in [-0.2, 0) is 5.60 Å². The van der Waals surface area contributed by atoms with Crippen molar-refractivity contribution in [3.8, 4) is 0 Å². The molecule has 1 aromatic heterocycles. The van der Waals surface area contributed by atoms with Crippen LogP contribution in [0.3, 0.4) is 0 Å². The minimum Gasteiger partial charge on any atom is -0.385 e. The van der Waals surface area contributed by atoms with E-state index in [1.807, 2.05) is 24.4 Å². The number of fused-ring (bicyclic) bond motifs is 1. The summed E-state index contributed by atoms with van der Waals surface area (Å²) in [6, 6.07) is 10.2. The average molecular weight is 241 g/mol. The molecule has 1 heterocycles. The summed E-state index contributed by atoms with van der Waals surface area (Å²) in [5.74, 6) is 0. The molecular weight excluding hydrogens is 222 g/mol. The SMILES string of the molecule is OC1(c2ccc3ncccc3c2)CCCCCC1. The standard InChI is InChI=1S/C16H19NO/c18-16(9-3-1-2-4-10-16)14-7-8-15-13(12-14)6-5-11-17-15/h5-8,11-12,18H,1-4,9-10H2. The first-order valence-electron chi connectivity index (χ1n) is 6.86. The fourth-order valence-corrected chi connectivity index (χ4v) is 2.97. The molecule has 1 fully saturated rings. The third-order valence-electron chi connectivity index (χ3n) is 4.07. The molecule has 1 saturated carbocycles. The Balaban J connectivity index is 2.02. The highest BCUT2D eigenvalue weighted by atomic mass is 16.3. The molecule has 1 aliphatic carbocycles. The molecule has 0 unspecified atom stereocenters. The van der Waals surface area contributed by atoms with Crippen LogP contribution in [-0.4, -0.2) is 10.1 Å². The lowest BCUT2D eigenvalue weighted by atomic mass is 9.86. The molecule has 0 amide bonds. The van der Waals surface area contributed by atoms with Crippen LogP contribution < -0.4 is 0 Å².